The van der Waals surface area contributed by atoms with Gasteiger partial charge < -0.3 is 4.74 Å². The first-order valence-electron chi connectivity index (χ1n) is 8.22. The van der Waals surface area contributed by atoms with Crippen molar-refractivity contribution in [3.8, 4) is 5.75 Å². The summed E-state index contributed by atoms with van der Waals surface area (Å²) in [6, 6.07) is 19.2. The van der Waals surface area contributed by atoms with Crippen LogP contribution in [0.15, 0.2) is 54.6 Å². The van der Waals surface area contributed by atoms with Gasteiger partial charge in [0.2, 0.25) is 0 Å². The number of ether oxygens (including phenoxy) is 1. The van der Waals surface area contributed by atoms with Crippen molar-refractivity contribution >= 4 is 0 Å². The average Bonchev–Trinajstić information content (AvgIpc) is 2.48. The van der Waals surface area contributed by atoms with E-state index in [2.05, 4.69) is 82.3 Å². The molecule has 0 heterocycles. The normalized spacial score (nSPS) is 12.9. The van der Waals surface area contributed by atoms with Gasteiger partial charge in [-0.2, -0.15) is 0 Å². The Balaban J connectivity index is 1.76. The van der Waals surface area contributed by atoms with Gasteiger partial charge in [-0.25, -0.2) is 0 Å². The molecule has 0 fully saturated rings. The van der Waals surface area contributed by atoms with Crippen LogP contribution in [0.25, 0.3) is 0 Å². The van der Waals surface area contributed by atoms with Gasteiger partial charge in [-0.1, -0.05) is 70.2 Å². The topological polar surface area (TPSA) is 9.23 Å². The fourth-order valence-electron chi connectivity index (χ4n) is 2.55. The summed E-state index contributed by atoms with van der Waals surface area (Å²) in [5.41, 5.74) is 2.95. The van der Waals surface area contributed by atoms with Crippen molar-refractivity contribution in [3.05, 3.63) is 65.7 Å². The minimum Gasteiger partial charge on any atom is -0.494 e. The molecule has 22 heavy (non-hydrogen) atoms. The number of hydrogen-bond acceptors (Lipinski definition) is 1. The lowest BCUT2D eigenvalue weighted by atomic mass is 9.87. The van der Waals surface area contributed by atoms with E-state index in [1.165, 1.54) is 11.1 Å². The molecule has 0 aliphatic carbocycles. The Morgan fingerprint density at radius 1 is 0.909 bits per heavy atom. The van der Waals surface area contributed by atoms with Gasteiger partial charge in [0.25, 0.3) is 0 Å². The van der Waals surface area contributed by atoms with Crippen LogP contribution in [0.5, 0.6) is 5.75 Å². The molecular formula is C21H28O. The van der Waals surface area contributed by atoms with Gasteiger partial charge in [0.15, 0.2) is 0 Å². The molecule has 0 aliphatic heterocycles. The molecule has 2 aromatic rings. The minimum absolute atomic E-state index is 0.197. The molecule has 0 aliphatic rings. The Morgan fingerprint density at radius 2 is 1.55 bits per heavy atom. The van der Waals surface area contributed by atoms with Crippen LogP contribution in [-0.2, 0) is 11.8 Å². The number of benzene rings is 2. The quantitative estimate of drug-likeness (QED) is 0.671. The van der Waals surface area contributed by atoms with Crippen LogP contribution in [-0.4, -0.2) is 6.61 Å². The molecule has 1 unspecified atom stereocenters. The van der Waals surface area contributed by atoms with Crippen LogP contribution < -0.4 is 4.74 Å². The molecule has 0 bridgehead atoms. The molecule has 1 heteroatoms. The smallest absolute Gasteiger partial charge is 0.119 e. The van der Waals surface area contributed by atoms with E-state index >= 15 is 0 Å². The van der Waals surface area contributed by atoms with Gasteiger partial charge in [-0.05, 0) is 47.4 Å². The molecule has 0 saturated heterocycles. The van der Waals surface area contributed by atoms with Crippen LogP contribution in [0.4, 0.5) is 0 Å². The van der Waals surface area contributed by atoms with E-state index in [9.17, 15) is 0 Å². The molecule has 0 saturated carbocycles. The van der Waals surface area contributed by atoms with Crippen molar-refractivity contribution < 1.29 is 4.74 Å². The first-order chi connectivity index (χ1) is 10.4. The highest BCUT2D eigenvalue weighted by Crippen LogP contribution is 2.24. The van der Waals surface area contributed by atoms with E-state index in [-0.39, 0.29) is 5.41 Å². The van der Waals surface area contributed by atoms with Crippen molar-refractivity contribution in [1.82, 2.24) is 0 Å². The van der Waals surface area contributed by atoms with Crippen LogP contribution >= 0.6 is 0 Å². The third kappa shape index (κ3) is 5.22. The van der Waals surface area contributed by atoms with Crippen LogP contribution in [0.1, 0.15) is 45.2 Å². The summed E-state index contributed by atoms with van der Waals surface area (Å²) in [7, 11) is 0. The lowest BCUT2D eigenvalue weighted by Gasteiger charge is -2.19. The van der Waals surface area contributed by atoms with E-state index < -0.39 is 0 Å². The fourth-order valence-corrected chi connectivity index (χ4v) is 2.55. The average molecular weight is 296 g/mol. The Kier molecular flexibility index (Phi) is 5.65. The number of hydrogen-bond donors (Lipinski definition) is 0. The van der Waals surface area contributed by atoms with Crippen LogP contribution in [0, 0.1) is 5.92 Å². The summed E-state index contributed by atoms with van der Waals surface area (Å²) in [4.78, 5) is 0. The molecule has 0 aromatic heterocycles. The minimum atomic E-state index is 0.197. The standard InChI is InChI=1S/C21H28O/c1-17(16-18-8-6-5-7-9-18)14-15-22-20-12-10-19(11-13-20)21(2,3)4/h5-13,17H,14-16H2,1-4H3. The van der Waals surface area contributed by atoms with Gasteiger partial charge in [0.1, 0.15) is 5.75 Å². The van der Waals surface area contributed by atoms with Crippen molar-refractivity contribution in [1.29, 1.82) is 0 Å². The summed E-state index contributed by atoms with van der Waals surface area (Å²) < 4.78 is 5.88. The maximum absolute atomic E-state index is 5.88. The van der Waals surface area contributed by atoms with Crippen molar-refractivity contribution in [3.63, 3.8) is 0 Å². The highest BCUT2D eigenvalue weighted by molar-refractivity contribution is 5.31. The Labute approximate surface area is 135 Å². The molecule has 2 aromatic carbocycles. The maximum atomic E-state index is 5.88. The lowest BCUT2D eigenvalue weighted by Crippen LogP contribution is -2.11. The molecule has 1 nitrogen and oxygen atoms in total. The predicted octanol–water partition coefficient (Wildman–Crippen LogP) is 5.63. The Hall–Kier alpha value is -1.76. The summed E-state index contributed by atoms with van der Waals surface area (Å²) >= 11 is 0. The molecule has 118 valence electrons. The van der Waals surface area contributed by atoms with E-state index in [4.69, 9.17) is 4.74 Å². The largest absolute Gasteiger partial charge is 0.494 e. The van der Waals surface area contributed by atoms with Gasteiger partial charge >= 0.3 is 0 Å². The van der Waals surface area contributed by atoms with Crippen molar-refractivity contribution in [2.45, 2.75) is 46.0 Å². The first-order valence-corrected chi connectivity index (χ1v) is 8.22. The van der Waals surface area contributed by atoms with E-state index in [1.54, 1.807) is 0 Å². The third-order valence-corrected chi connectivity index (χ3v) is 4.03. The van der Waals surface area contributed by atoms with Gasteiger partial charge in [-0.3, -0.25) is 0 Å². The summed E-state index contributed by atoms with van der Waals surface area (Å²) in [5, 5.41) is 0. The molecule has 2 rings (SSSR count). The molecule has 0 radical (unpaired) electrons. The molecule has 0 N–H and O–H groups in total. The molecular weight excluding hydrogens is 268 g/mol. The highest BCUT2D eigenvalue weighted by Gasteiger charge is 2.13. The second-order valence-electron chi connectivity index (χ2n) is 7.21. The first kappa shape index (κ1) is 16.6. The zero-order valence-corrected chi connectivity index (χ0v) is 14.3. The third-order valence-electron chi connectivity index (χ3n) is 4.03. The fraction of sp³-hybridized carbons (Fsp3) is 0.429. The number of rotatable bonds is 6. The second kappa shape index (κ2) is 7.49. The maximum Gasteiger partial charge on any atom is 0.119 e. The second-order valence-corrected chi connectivity index (χ2v) is 7.21. The molecule has 1 atom stereocenters. The predicted molar refractivity (Wildman–Crippen MR) is 94.6 cm³/mol. The SMILES string of the molecule is CC(CCOc1ccc(C(C)(C)C)cc1)Cc1ccccc1. The van der Waals surface area contributed by atoms with Crippen LogP contribution in [0.2, 0.25) is 0 Å². The Morgan fingerprint density at radius 3 is 2.14 bits per heavy atom. The van der Waals surface area contributed by atoms with Crippen molar-refractivity contribution in [2.75, 3.05) is 6.61 Å². The monoisotopic (exact) mass is 296 g/mol. The van der Waals surface area contributed by atoms with Gasteiger partial charge in [0.05, 0.1) is 6.61 Å². The summed E-state index contributed by atoms with van der Waals surface area (Å²) in [5.74, 6) is 1.61. The molecule has 0 amide bonds. The summed E-state index contributed by atoms with van der Waals surface area (Å²) in [6.07, 6.45) is 2.20. The van der Waals surface area contributed by atoms with E-state index in [0.29, 0.717) is 5.92 Å². The molecule has 0 spiro atoms. The lowest BCUT2D eigenvalue weighted by molar-refractivity contribution is 0.283. The summed E-state index contributed by atoms with van der Waals surface area (Å²) in [6.45, 7) is 9.76. The van der Waals surface area contributed by atoms with E-state index in [1.807, 2.05) is 0 Å². The Bertz CT molecular complexity index is 549. The van der Waals surface area contributed by atoms with Crippen LogP contribution in [0.3, 0.4) is 0 Å². The van der Waals surface area contributed by atoms with E-state index in [0.717, 1.165) is 25.2 Å². The zero-order chi connectivity index (χ0) is 16.0. The van der Waals surface area contributed by atoms with Gasteiger partial charge in [0, 0.05) is 0 Å². The highest BCUT2D eigenvalue weighted by atomic mass is 16.5. The van der Waals surface area contributed by atoms with Crippen molar-refractivity contribution in [2.24, 2.45) is 5.92 Å². The van der Waals surface area contributed by atoms with Gasteiger partial charge in [-0.15, -0.1) is 0 Å². The zero-order valence-electron chi connectivity index (χ0n) is 14.3.